The van der Waals surface area contributed by atoms with Crippen molar-refractivity contribution in [3.63, 3.8) is 0 Å². The molecule has 0 aliphatic carbocycles. The number of furan rings is 1. The Morgan fingerprint density at radius 1 is 0.333 bits per heavy atom. The number of hydrogen-bond acceptors (Lipinski definition) is 2. The Balaban J connectivity index is 1.08. The molecule has 0 radical (unpaired) electrons. The molecule has 1 nitrogen and oxygen atoms in total. The summed E-state index contributed by atoms with van der Waals surface area (Å²) in [5.41, 5.74) is 9.18. The molecule has 54 heavy (non-hydrogen) atoms. The van der Waals surface area contributed by atoms with Crippen molar-refractivity contribution in [1.29, 1.82) is 0 Å². The molecule has 0 atom stereocenters. The minimum absolute atomic E-state index is 0.913. The zero-order chi connectivity index (χ0) is 35.3. The van der Waals surface area contributed by atoms with Crippen molar-refractivity contribution in [3.05, 3.63) is 182 Å². The Morgan fingerprint density at radius 2 is 1.00 bits per heavy atom. The third-order valence-corrected chi connectivity index (χ3v) is 12.6. The van der Waals surface area contributed by atoms with E-state index in [1.807, 2.05) is 11.3 Å². The van der Waals surface area contributed by atoms with Crippen molar-refractivity contribution in [2.24, 2.45) is 0 Å². The van der Waals surface area contributed by atoms with E-state index in [0.29, 0.717) is 0 Å². The number of benzene rings is 10. The monoisotopic (exact) mass is 702 g/mol. The summed E-state index contributed by atoms with van der Waals surface area (Å²) in [6, 6.07) is 66.7. The lowest BCUT2D eigenvalue weighted by molar-refractivity contribution is 0.669. The highest BCUT2D eigenvalue weighted by molar-refractivity contribution is 7.26. The number of thiophene rings is 1. The quantitative estimate of drug-likeness (QED) is 0.167. The van der Waals surface area contributed by atoms with Gasteiger partial charge < -0.3 is 4.42 Å². The molecule has 12 aromatic rings. The summed E-state index contributed by atoms with van der Waals surface area (Å²) in [4.78, 5) is 0. The van der Waals surface area contributed by atoms with Crippen LogP contribution in [0.2, 0.25) is 0 Å². The molecule has 12 rings (SSSR count). The lowest BCUT2D eigenvalue weighted by atomic mass is 9.87. The Morgan fingerprint density at radius 3 is 1.93 bits per heavy atom. The average molecular weight is 703 g/mol. The molecule has 0 fully saturated rings. The standard InChI is InChI=1S/C52H30OS/c1-3-15-37-31(10-1)12-8-18-39(37)40-19-9-20-42-44(40)30-35-11-2-4-16-38(35)49(42)36-14-7-13-33(28-36)34-24-26-46-45(29-34)51-47(53-46)27-23-32-22-25-43-41-17-5-6-21-48(41)54-52(43)50(32)51/h1-30H. The normalized spacial score (nSPS) is 12.1. The first-order valence-corrected chi connectivity index (χ1v) is 19.3. The van der Waals surface area contributed by atoms with E-state index in [-0.39, 0.29) is 0 Å². The van der Waals surface area contributed by atoms with Crippen molar-refractivity contribution in [2.45, 2.75) is 0 Å². The number of hydrogen-bond donors (Lipinski definition) is 0. The van der Waals surface area contributed by atoms with E-state index in [9.17, 15) is 0 Å². The largest absolute Gasteiger partial charge is 0.456 e. The van der Waals surface area contributed by atoms with E-state index < -0.39 is 0 Å². The molecule has 0 bridgehead atoms. The first-order valence-electron chi connectivity index (χ1n) is 18.5. The molecular weight excluding hydrogens is 673 g/mol. The molecule has 2 aromatic heterocycles. The number of rotatable bonds is 3. The van der Waals surface area contributed by atoms with Crippen LogP contribution in [0.5, 0.6) is 0 Å². The van der Waals surface area contributed by atoms with Gasteiger partial charge in [0.15, 0.2) is 0 Å². The summed E-state index contributed by atoms with van der Waals surface area (Å²) in [5.74, 6) is 0. The molecule has 0 aliphatic rings. The van der Waals surface area contributed by atoms with Gasteiger partial charge in [0.05, 0.1) is 0 Å². The zero-order valence-corrected chi connectivity index (χ0v) is 30.0. The fourth-order valence-electron chi connectivity index (χ4n) is 8.99. The van der Waals surface area contributed by atoms with Gasteiger partial charge in [-0.15, -0.1) is 11.3 Å². The lowest BCUT2D eigenvalue weighted by Crippen LogP contribution is -1.90. The van der Waals surface area contributed by atoms with Crippen LogP contribution in [0, 0.1) is 0 Å². The zero-order valence-electron chi connectivity index (χ0n) is 29.1. The average Bonchev–Trinajstić information content (AvgIpc) is 3.81. The van der Waals surface area contributed by atoms with Crippen LogP contribution in [-0.2, 0) is 0 Å². The van der Waals surface area contributed by atoms with Crippen LogP contribution in [0.25, 0.3) is 119 Å². The van der Waals surface area contributed by atoms with E-state index in [1.54, 1.807) is 0 Å². The molecule has 0 unspecified atom stereocenters. The van der Waals surface area contributed by atoms with Crippen LogP contribution >= 0.6 is 11.3 Å². The van der Waals surface area contributed by atoms with Gasteiger partial charge in [0, 0.05) is 36.3 Å². The van der Waals surface area contributed by atoms with Crippen LogP contribution < -0.4 is 0 Å². The van der Waals surface area contributed by atoms with E-state index >= 15 is 0 Å². The summed E-state index contributed by atoms with van der Waals surface area (Å²) >= 11 is 1.88. The van der Waals surface area contributed by atoms with E-state index in [4.69, 9.17) is 4.42 Å². The molecule has 2 heterocycles. The van der Waals surface area contributed by atoms with E-state index in [1.165, 1.54) is 102 Å². The Bertz CT molecular complexity index is 3500. The maximum Gasteiger partial charge on any atom is 0.136 e. The molecule has 0 spiro atoms. The Labute approximate surface area is 314 Å². The van der Waals surface area contributed by atoms with Gasteiger partial charge in [0.1, 0.15) is 11.2 Å². The molecule has 0 N–H and O–H groups in total. The topological polar surface area (TPSA) is 13.1 Å². The Hall–Kier alpha value is -6.74. The summed E-state index contributed by atoms with van der Waals surface area (Å²) < 4.78 is 9.17. The predicted molar refractivity (Wildman–Crippen MR) is 233 cm³/mol. The first kappa shape index (κ1) is 29.8. The van der Waals surface area contributed by atoms with Gasteiger partial charge in [-0.25, -0.2) is 0 Å². The fourth-order valence-corrected chi connectivity index (χ4v) is 10.3. The summed E-state index contributed by atoms with van der Waals surface area (Å²) in [6.45, 7) is 0. The van der Waals surface area contributed by atoms with Crippen molar-refractivity contribution in [3.8, 4) is 33.4 Å². The smallest absolute Gasteiger partial charge is 0.136 e. The second-order valence-electron chi connectivity index (χ2n) is 14.4. The van der Waals surface area contributed by atoms with Gasteiger partial charge in [-0.3, -0.25) is 0 Å². The maximum atomic E-state index is 6.54. The van der Waals surface area contributed by atoms with Gasteiger partial charge in [-0.05, 0) is 107 Å². The second kappa shape index (κ2) is 11.4. The van der Waals surface area contributed by atoms with Gasteiger partial charge in [-0.1, -0.05) is 146 Å². The SMILES string of the molecule is c1cc(-c2ccc3oc4ccc5ccc6c7ccccc7sc6c5c4c3c2)cc(-c2c3ccccc3cc3c(-c4cccc5ccccc45)cccc23)c1. The van der Waals surface area contributed by atoms with E-state index in [2.05, 4.69) is 182 Å². The van der Waals surface area contributed by atoms with Crippen molar-refractivity contribution < 1.29 is 4.42 Å². The van der Waals surface area contributed by atoms with Gasteiger partial charge >= 0.3 is 0 Å². The summed E-state index contributed by atoms with van der Waals surface area (Å²) in [6.07, 6.45) is 0. The summed E-state index contributed by atoms with van der Waals surface area (Å²) in [7, 11) is 0. The molecule has 10 aromatic carbocycles. The fraction of sp³-hybridized carbons (Fsp3) is 0. The van der Waals surface area contributed by atoms with Crippen molar-refractivity contribution in [1.82, 2.24) is 0 Å². The molecule has 0 saturated heterocycles. The predicted octanol–water partition coefficient (Wildman–Crippen LogP) is 15.6. The third-order valence-electron chi connectivity index (χ3n) is 11.4. The lowest BCUT2D eigenvalue weighted by Gasteiger charge is -2.17. The molecule has 2 heteroatoms. The summed E-state index contributed by atoms with van der Waals surface area (Å²) in [5, 5.41) is 15.0. The molecule has 0 saturated carbocycles. The van der Waals surface area contributed by atoms with Crippen molar-refractivity contribution in [2.75, 3.05) is 0 Å². The van der Waals surface area contributed by atoms with E-state index in [0.717, 1.165) is 16.6 Å². The maximum absolute atomic E-state index is 6.54. The Kier molecular flexibility index (Phi) is 6.28. The molecule has 0 amide bonds. The van der Waals surface area contributed by atoms with Gasteiger partial charge in [0.2, 0.25) is 0 Å². The minimum atomic E-state index is 0.913. The molecular formula is C52H30OS. The van der Waals surface area contributed by atoms with Gasteiger partial charge in [0.25, 0.3) is 0 Å². The molecule has 0 aliphatic heterocycles. The highest BCUT2D eigenvalue weighted by atomic mass is 32.1. The van der Waals surface area contributed by atoms with Crippen molar-refractivity contribution >= 4 is 96.5 Å². The third kappa shape index (κ3) is 4.32. The second-order valence-corrected chi connectivity index (χ2v) is 15.4. The highest BCUT2D eigenvalue weighted by Gasteiger charge is 2.18. The first-order chi connectivity index (χ1) is 26.8. The highest BCUT2D eigenvalue weighted by Crippen LogP contribution is 2.46. The van der Waals surface area contributed by atoms with Crippen LogP contribution in [-0.4, -0.2) is 0 Å². The minimum Gasteiger partial charge on any atom is -0.456 e. The van der Waals surface area contributed by atoms with Crippen LogP contribution in [0.3, 0.4) is 0 Å². The van der Waals surface area contributed by atoms with Crippen LogP contribution in [0.15, 0.2) is 186 Å². The van der Waals surface area contributed by atoms with Crippen LogP contribution in [0.1, 0.15) is 0 Å². The van der Waals surface area contributed by atoms with Gasteiger partial charge in [-0.2, -0.15) is 0 Å². The van der Waals surface area contributed by atoms with Crippen LogP contribution in [0.4, 0.5) is 0 Å². The number of fused-ring (bicyclic) bond motifs is 12. The molecule has 250 valence electrons.